The Morgan fingerprint density at radius 2 is 2.13 bits per heavy atom. The third kappa shape index (κ3) is 3.73. The van der Waals surface area contributed by atoms with E-state index in [0.717, 1.165) is 12.1 Å². The first-order valence-corrected chi connectivity index (χ1v) is 10.6. The van der Waals surface area contributed by atoms with Crippen molar-refractivity contribution in [3.8, 4) is 16.5 Å². The van der Waals surface area contributed by atoms with Crippen LogP contribution < -0.4 is 0 Å². The zero-order valence-electron chi connectivity index (χ0n) is 16.5. The fourth-order valence-electron chi connectivity index (χ4n) is 4.15. The van der Waals surface area contributed by atoms with Crippen LogP contribution in [0.15, 0.2) is 36.0 Å². The summed E-state index contributed by atoms with van der Waals surface area (Å²) in [4.78, 5) is 4.63. The van der Waals surface area contributed by atoms with Crippen LogP contribution in [0.25, 0.3) is 10.4 Å². The number of hydrogen-bond acceptors (Lipinski definition) is 4. The molecule has 31 heavy (non-hydrogen) atoms. The minimum Gasteiger partial charge on any atom is -0.382 e. The second kappa shape index (κ2) is 8.06. The Bertz CT molecular complexity index is 1170. The number of rotatable bonds is 5. The van der Waals surface area contributed by atoms with Crippen molar-refractivity contribution >= 4 is 11.3 Å². The molecule has 0 aliphatic heterocycles. The smallest absolute Gasteiger partial charge is 0.281 e. The lowest BCUT2D eigenvalue weighted by Crippen LogP contribution is -2.21. The highest BCUT2D eigenvalue weighted by molar-refractivity contribution is 7.13. The molecular weight excluding hydrogens is 428 g/mol. The molecule has 2 aromatic carbocycles. The number of aromatic nitrogens is 1. The summed E-state index contributed by atoms with van der Waals surface area (Å²) in [7, 11) is 0. The van der Waals surface area contributed by atoms with E-state index in [4.69, 9.17) is 0 Å². The van der Waals surface area contributed by atoms with Gasteiger partial charge in [0, 0.05) is 12.6 Å². The highest BCUT2D eigenvalue weighted by atomic mass is 32.1. The largest absolute Gasteiger partial charge is 0.382 e. The predicted octanol–water partition coefficient (Wildman–Crippen LogP) is 6.06. The summed E-state index contributed by atoms with van der Waals surface area (Å²) in [6.07, 6.45) is -2.53. The minimum absolute atomic E-state index is 0.0208. The summed E-state index contributed by atoms with van der Waals surface area (Å²) in [6.45, 7) is 1.60. The first kappa shape index (κ1) is 21.5. The molecule has 0 fully saturated rings. The maximum Gasteiger partial charge on any atom is 0.281 e. The molecular formula is C23H18F4N2OS. The van der Waals surface area contributed by atoms with Crippen molar-refractivity contribution in [2.75, 3.05) is 0 Å². The predicted molar refractivity (Wildman–Crippen MR) is 109 cm³/mol. The van der Waals surface area contributed by atoms with E-state index in [9.17, 15) is 27.9 Å². The SMILES string of the molecule is CCC(F)c1cc(F)cc(C#N)c1Cc1ccc(-c2cncs2)c2c1CC(F)(F)C2O. The molecule has 160 valence electrons. The van der Waals surface area contributed by atoms with Gasteiger partial charge >= 0.3 is 0 Å². The first-order valence-electron chi connectivity index (χ1n) is 9.72. The maximum absolute atomic E-state index is 14.6. The molecule has 0 bridgehead atoms. The zero-order valence-corrected chi connectivity index (χ0v) is 17.3. The second-order valence-electron chi connectivity index (χ2n) is 7.56. The molecule has 1 N–H and O–H groups in total. The monoisotopic (exact) mass is 446 g/mol. The molecule has 0 saturated carbocycles. The summed E-state index contributed by atoms with van der Waals surface area (Å²) in [5, 5.41) is 19.9. The summed E-state index contributed by atoms with van der Waals surface area (Å²) in [5.41, 5.74) is 3.19. The van der Waals surface area contributed by atoms with Gasteiger partial charge in [0.1, 0.15) is 18.1 Å². The zero-order chi connectivity index (χ0) is 22.3. The standard InChI is InChI=1S/C23H18F4N2OS/c1-2-19(25)17-7-14(24)5-13(9-28)16(17)6-12-3-4-15(20-10-29-11-31-20)21-18(12)8-23(26,27)22(21)30/h3-5,7,10-11,19,22,30H,2,6,8H2,1H3. The molecule has 1 heterocycles. The number of aliphatic hydroxyl groups excluding tert-OH is 1. The van der Waals surface area contributed by atoms with Gasteiger partial charge < -0.3 is 5.11 Å². The topological polar surface area (TPSA) is 56.9 Å². The molecule has 0 saturated heterocycles. The summed E-state index contributed by atoms with van der Waals surface area (Å²) in [5.74, 6) is -4.08. The van der Waals surface area contributed by atoms with Crippen molar-refractivity contribution in [1.82, 2.24) is 4.98 Å². The van der Waals surface area contributed by atoms with E-state index in [1.807, 2.05) is 6.07 Å². The molecule has 0 spiro atoms. The average Bonchev–Trinajstić information content (AvgIpc) is 3.36. The number of aliphatic hydroxyl groups is 1. The molecule has 4 rings (SSSR count). The van der Waals surface area contributed by atoms with Crippen molar-refractivity contribution in [1.29, 1.82) is 5.26 Å². The number of hydrogen-bond donors (Lipinski definition) is 1. The molecule has 0 amide bonds. The lowest BCUT2D eigenvalue weighted by Gasteiger charge is -2.18. The van der Waals surface area contributed by atoms with E-state index in [2.05, 4.69) is 4.98 Å². The maximum atomic E-state index is 14.6. The van der Waals surface area contributed by atoms with Crippen LogP contribution >= 0.6 is 11.3 Å². The lowest BCUT2D eigenvalue weighted by atomic mass is 9.88. The molecule has 3 aromatic rings. The van der Waals surface area contributed by atoms with Gasteiger partial charge in [0.05, 0.1) is 22.0 Å². The lowest BCUT2D eigenvalue weighted by molar-refractivity contribution is -0.0966. The summed E-state index contributed by atoms with van der Waals surface area (Å²) in [6, 6.07) is 7.25. The fourth-order valence-corrected chi connectivity index (χ4v) is 4.81. The highest BCUT2D eigenvalue weighted by Gasteiger charge is 2.49. The van der Waals surface area contributed by atoms with E-state index in [0.29, 0.717) is 16.0 Å². The van der Waals surface area contributed by atoms with Crippen LogP contribution in [0.1, 0.15) is 59.0 Å². The van der Waals surface area contributed by atoms with Gasteiger partial charge in [-0.15, -0.1) is 11.3 Å². The van der Waals surface area contributed by atoms with Gasteiger partial charge in [0.25, 0.3) is 5.92 Å². The van der Waals surface area contributed by atoms with Crippen molar-refractivity contribution in [3.05, 3.63) is 75.2 Å². The summed E-state index contributed by atoms with van der Waals surface area (Å²) >= 11 is 1.27. The average molecular weight is 446 g/mol. The van der Waals surface area contributed by atoms with Gasteiger partial charge in [-0.25, -0.2) is 17.6 Å². The Morgan fingerprint density at radius 3 is 2.77 bits per heavy atom. The molecule has 2 unspecified atom stereocenters. The number of thiazole rings is 1. The van der Waals surface area contributed by atoms with Crippen LogP contribution in [0.4, 0.5) is 17.6 Å². The second-order valence-corrected chi connectivity index (χ2v) is 8.44. The van der Waals surface area contributed by atoms with Crippen LogP contribution in [-0.2, 0) is 12.8 Å². The third-order valence-corrected chi connectivity index (χ3v) is 6.48. The van der Waals surface area contributed by atoms with Crippen molar-refractivity contribution < 1.29 is 22.7 Å². The Labute approximate surface area is 180 Å². The van der Waals surface area contributed by atoms with Gasteiger partial charge in [0.2, 0.25) is 0 Å². The minimum atomic E-state index is -3.35. The summed E-state index contributed by atoms with van der Waals surface area (Å²) < 4.78 is 57.6. The van der Waals surface area contributed by atoms with Gasteiger partial charge in [-0.05, 0) is 58.4 Å². The number of nitrogens with zero attached hydrogens (tertiary/aromatic N) is 2. The van der Waals surface area contributed by atoms with Crippen LogP contribution in [0, 0.1) is 17.1 Å². The molecule has 1 aliphatic rings. The Kier molecular flexibility index (Phi) is 5.58. The van der Waals surface area contributed by atoms with Gasteiger partial charge in [-0.2, -0.15) is 5.26 Å². The van der Waals surface area contributed by atoms with E-state index in [1.165, 1.54) is 11.3 Å². The van der Waals surface area contributed by atoms with Crippen molar-refractivity contribution in [3.63, 3.8) is 0 Å². The highest BCUT2D eigenvalue weighted by Crippen LogP contribution is 2.49. The van der Waals surface area contributed by atoms with Crippen LogP contribution in [0.5, 0.6) is 0 Å². The first-order chi connectivity index (χ1) is 14.8. The van der Waals surface area contributed by atoms with Crippen molar-refractivity contribution in [2.45, 2.75) is 44.4 Å². The Balaban J connectivity index is 1.88. The Morgan fingerprint density at radius 1 is 1.35 bits per heavy atom. The molecule has 1 aromatic heterocycles. The van der Waals surface area contributed by atoms with Gasteiger partial charge in [0.15, 0.2) is 0 Å². The molecule has 2 atom stereocenters. The van der Waals surface area contributed by atoms with Gasteiger partial charge in [-0.1, -0.05) is 19.1 Å². The van der Waals surface area contributed by atoms with E-state index in [1.54, 1.807) is 30.8 Å². The number of benzene rings is 2. The van der Waals surface area contributed by atoms with Crippen LogP contribution in [0.3, 0.4) is 0 Å². The fraction of sp³-hybridized carbons (Fsp3) is 0.304. The molecule has 3 nitrogen and oxygen atoms in total. The van der Waals surface area contributed by atoms with E-state index < -0.39 is 30.4 Å². The number of fused-ring (bicyclic) bond motifs is 1. The Hall–Kier alpha value is -2.76. The normalized spacial score (nSPS) is 17.9. The molecule has 1 aliphatic carbocycles. The van der Waals surface area contributed by atoms with Crippen LogP contribution in [0.2, 0.25) is 0 Å². The van der Waals surface area contributed by atoms with Crippen LogP contribution in [-0.4, -0.2) is 16.0 Å². The van der Waals surface area contributed by atoms with Gasteiger partial charge in [-0.3, -0.25) is 4.98 Å². The van der Waals surface area contributed by atoms with E-state index in [-0.39, 0.29) is 40.7 Å². The number of nitriles is 1. The third-order valence-electron chi connectivity index (χ3n) is 5.67. The van der Waals surface area contributed by atoms with E-state index >= 15 is 0 Å². The molecule has 8 heteroatoms. The number of halogens is 4. The molecule has 0 radical (unpaired) electrons. The van der Waals surface area contributed by atoms with Crippen molar-refractivity contribution in [2.24, 2.45) is 0 Å². The number of alkyl halides is 3. The quantitative estimate of drug-likeness (QED) is 0.485.